The van der Waals surface area contributed by atoms with Crippen LogP contribution in [0.1, 0.15) is 56.9 Å². The van der Waals surface area contributed by atoms with Crippen molar-refractivity contribution in [2.45, 2.75) is 56.8 Å². The summed E-state index contributed by atoms with van der Waals surface area (Å²) in [5.74, 6) is 0. The molecule has 0 radical (unpaired) electrons. The molecule has 2 N–H and O–H groups in total. The number of rotatable bonds is 2. The molecule has 0 aliphatic heterocycles. The topological polar surface area (TPSA) is 26.0 Å². The zero-order valence-corrected chi connectivity index (χ0v) is 13.2. The molecule has 2 heteroatoms. The summed E-state index contributed by atoms with van der Waals surface area (Å²) >= 11 is 3.60. The fourth-order valence-corrected chi connectivity index (χ4v) is 4.90. The highest BCUT2D eigenvalue weighted by Gasteiger charge is 2.53. The molecule has 2 saturated carbocycles. The first-order chi connectivity index (χ1) is 9.18. The van der Waals surface area contributed by atoms with Crippen LogP contribution in [0.5, 0.6) is 0 Å². The number of halogens is 1. The number of benzene rings is 1. The highest BCUT2D eigenvalue weighted by atomic mass is 79.9. The maximum atomic E-state index is 6.16. The van der Waals surface area contributed by atoms with Gasteiger partial charge in [0.1, 0.15) is 0 Å². The van der Waals surface area contributed by atoms with Crippen molar-refractivity contribution < 1.29 is 0 Å². The molecular weight excluding hydrogens is 298 g/mol. The van der Waals surface area contributed by atoms with E-state index in [1.165, 1.54) is 61.4 Å². The molecule has 1 nitrogen and oxygen atoms in total. The first-order valence-electron chi connectivity index (χ1n) is 7.64. The fourth-order valence-electron chi connectivity index (χ4n) is 4.50. The lowest BCUT2D eigenvalue weighted by atomic mass is 9.48. The third kappa shape index (κ3) is 2.50. The van der Waals surface area contributed by atoms with Crippen LogP contribution in [-0.2, 0) is 5.41 Å². The van der Waals surface area contributed by atoms with Crippen LogP contribution in [0.3, 0.4) is 0 Å². The SMILES string of the molecule is NCC1(c2cccc(Br)c2)CC2(CCCCCC2)C1. The monoisotopic (exact) mass is 321 g/mol. The zero-order chi connectivity index (χ0) is 13.3. The largest absolute Gasteiger partial charge is 0.330 e. The maximum Gasteiger partial charge on any atom is 0.0178 e. The molecule has 2 aliphatic carbocycles. The summed E-state index contributed by atoms with van der Waals surface area (Å²) in [6.07, 6.45) is 11.2. The second kappa shape index (κ2) is 5.21. The van der Waals surface area contributed by atoms with E-state index in [0.29, 0.717) is 5.41 Å². The molecule has 104 valence electrons. The van der Waals surface area contributed by atoms with E-state index >= 15 is 0 Å². The van der Waals surface area contributed by atoms with Gasteiger partial charge in [0, 0.05) is 16.4 Å². The van der Waals surface area contributed by atoms with Gasteiger partial charge < -0.3 is 5.73 Å². The minimum Gasteiger partial charge on any atom is -0.330 e. The van der Waals surface area contributed by atoms with E-state index in [4.69, 9.17) is 5.73 Å². The molecule has 2 fully saturated rings. The Labute approximate surface area is 125 Å². The molecule has 0 atom stereocenters. The Hall–Kier alpha value is -0.340. The molecule has 3 rings (SSSR count). The predicted octanol–water partition coefficient (Wildman–Crippen LogP) is 4.78. The molecule has 1 aromatic carbocycles. The minimum atomic E-state index is 0.258. The minimum absolute atomic E-state index is 0.258. The Morgan fingerprint density at radius 3 is 2.32 bits per heavy atom. The Kier molecular flexibility index (Phi) is 3.74. The summed E-state index contributed by atoms with van der Waals surface area (Å²) in [6.45, 7) is 0.797. The Bertz CT molecular complexity index is 438. The van der Waals surface area contributed by atoms with E-state index < -0.39 is 0 Å². The van der Waals surface area contributed by atoms with E-state index in [0.717, 1.165) is 6.54 Å². The average Bonchev–Trinajstić information content (AvgIpc) is 2.62. The van der Waals surface area contributed by atoms with Crippen molar-refractivity contribution in [3.63, 3.8) is 0 Å². The first kappa shape index (κ1) is 13.6. The predicted molar refractivity (Wildman–Crippen MR) is 84.2 cm³/mol. The van der Waals surface area contributed by atoms with Gasteiger partial charge in [-0.1, -0.05) is 53.7 Å². The average molecular weight is 322 g/mol. The number of hydrogen-bond donors (Lipinski definition) is 1. The van der Waals surface area contributed by atoms with Gasteiger partial charge in [0.2, 0.25) is 0 Å². The van der Waals surface area contributed by atoms with Crippen LogP contribution in [0.25, 0.3) is 0 Å². The van der Waals surface area contributed by atoms with Crippen molar-refractivity contribution >= 4 is 15.9 Å². The molecule has 1 aromatic rings. The second-order valence-corrected chi connectivity index (χ2v) is 7.68. The third-order valence-corrected chi connectivity index (χ3v) is 5.91. The molecule has 0 unspecified atom stereocenters. The molecule has 0 heterocycles. The van der Waals surface area contributed by atoms with Crippen LogP contribution < -0.4 is 5.73 Å². The molecule has 19 heavy (non-hydrogen) atoms. The molecule has 0 saturated heterocycles. The molecule has 0 aromatic heterocycles. The van der Waals surface area contributed by atoms with Crippen molar-refractivity contribution in [1.82, 2.24) is 0 Å². The normalized spacial score (nSPS) is 24.7. The summed E-state index contributed by atoms with van der Waals surface area (Å²) in [5, 5.41) is 0. The lowest BCUT2D eigenvalue weighted by molar-refractivity contribution is 0.0112. The summed E-state index contributed by atoms with van der Waals surface area (Å²) in [6, 6.07) is 8.79. The highest BCUT2D eigenvalue weighted by molar-refractivity contribution is 9.10. The molecular formula is C17H24BrN. The van der Waals surface area contributed by atoms with Crippen LogP contribution in [0.4, 0.5) is 0 Å². The highest BCUT2D eigenvalue weighted by Crippen LogP contribution is 2.60. The Balaban J connectivity index is 1.80. The summed E-state index contributed by atoms with van der Waals surface area (Å²) < 4.78 is 1.18. The van der Waals surface area contributed by atoms with Gasteiger partial charge in [-0.15, -0.1) is 0 Å². The van der Waals surface area contributed by atoms with Gasteiger partial charge in [-0.3, -0.25) is 0 Å². The van der Waals surface area contributed by atoms with Crippen molar-refractivity contribution in [1.29, 1.82) is 0 Å². The number of hydrogen-bond acceptors (Lipinski definition) is 1. The van der Waals surface area contributed by atoms with E-state index in [-0.39, 0.29) is 5.41 Å². The van der Waals surface area contributed by atoms with Crippen LogP contribution in [0.15, 0.2) is 28.7 Å². The second-order valence-electron chi connectivity index (χ2n) is 6.76. The smallest absolute Gasteiger partial charge is 0.0178 e. The lowest BCUT2D eigenvalue weighted by Gasteiger charge is -2.57. The van der Waals surface area contributed by atoms with E-state index in [2.05, 4.69) is 40.2 Å². The van der Waals surface area contributed by atoms with Crippen molar-refractivity contribution in [2.75, 3.05) is 6.54 Å². The molecule has 1 spiro atoms. The van der Waals surface area contributed by atoms with Crippen LogP contribution in [0, 0.1) is 5.41 Å². The van der Waals surface area contributed by atoms with Gasteiger partial charge in [-0.2, -0.15) is 0 Å². The van der Waals surface area contributed by atoms with Crippen molar-refractivity contribution in [2.24, 2.45) is 11.1 Å². The van der Waals surface area contributed by atoms with E-state index in [1.54, 1.807) is 0 Å². The number of nitrogens with two attached hydrogens (primary N) is 1. The summed E-state index contributed by atoms with van der Waals surface area (Å²) in [7, 11) is 0. The van der Waals surface area contributed by atoms with Gasteiger partial charge >= 0.3 is 0 Å². The maximum absolute atomic E-state index is 6.16. The zero-order valence-electron chi connectivity index (χ0n) is 11.6. The van der Waals surface area contributed by atoms with E-state index in [1.807, 2.05) is 0 Å². The van der Waals surface area contributed by atoms with Crippen LogP contribution >= 0.6 is 15.9 Å². The molecule has 0 bridgehead atoms. The molecule has 2 aliphatic rings. The summed E-state index contributed by atoms with van der Waals surface area (Å²) in [4.78, 5) is 0. The van der Waals surface area contributed by atoms with Crippen molar-refractivity contribution in [3.8, 4) is 0 Å². The first-order valence-corrected chi connectivity index (χ1v) is 8.44. The summed E-state index contributed by atoms with van der Waals surface area (Å²) in [5.41, 5.74) is 8.49. The van der Waals surface area contributed by atoms with Gasteiger partial charge in [0.15, 0.2) is 0 Å². The van der Waals surface area contributed by atoms with Gasteiger partial charge in [0.25, 0.3) is 0 Å². The van der Waals surface area contributed by atoms with Gasteiger partial charge in [-0.05, 0) is 48.8 Å². The van der Waals surface area contributed by atoms with Crippen molar-refractivity contribution in [3.05, 3.63) is 34.3 Å². The van der Waals surface area contributed by atoms with Gasteiger partial charge in [-0.25, -0.2) is 0 Å². The van der Waals surface area contributed by atoms with E-state index in [9.17, 15) is 0 Å². The Morgan fingerprint density at radius 1 is 1.05 bits per heavy atom. The fraction of sp³-hybridized carbons (Fsp3) is 0.647. The Morgan fingerprint density at radius 2 is 1.74 bits per heavy atom. The third-order valence-electron chi connectivity index (χ3n) is 5.42. The lowest BCUT2D eigenvalue weighted by Crippen LogP contribution is -2.53. The molecule has 0 amide bonds. The van der Waals surface area contributed by atoms with Crippen LogP contribution in [0.2, 0.25) is 0 Å². The van der Waals surface area contributed by atoms with Crippen LogP contribution in [-0.4, -0.2) is 6.54 Å². The van der Waals surface area contributed by atoms with Gasteiger partial charge in [0.05, 0.1) is 0 Å². The standard InChI is InChI=1S/C17H24BrN/c18-15-7-5-6-14(10-15)17(13-19)11-16(12-17)8-3-1-2-4-9-16/h5-7,10H,1-4,8-9,11-13,19H2. The quantitative estimate of drug-likeness (QED) is 0.833.